The second-order valence-corrected chi connectivity index (χ2v) is 8.27. The van der Waals surface area contributed by atoms with Gasteiger partial charge in [0.15, 0.2) is 5.17 Å². The molecular weight excluding hydrogens is 506 g/mol. The smallest absolute Gasteiger partial charge is 0.264 e. The molecule has 9 heteroatoms. The summed E-state index contributed by atoms with van der Waals surface area (Å²) in [6.07, 6.45) is 3.10. The van der Waals surface area contributed by atoms with Crippen LogP contribution in [0, 0.1) is 0 Å². The molecule has 26 heavy (non-hydrogen) atoms. The van der Waals surface area contributed by atoms with Gasteiger partial charge in [-0.05, 0) is 52.0 Å². The number of phenols is 1. The molecule has 3 rings (SSSR count). The van der Waals surface area contributed by atoms with E-state index in [-0.39, 0.29) is 11.7 Å². The normalized spacial score (nSPS) is 17.4. The third-order valence-corrected chi connectivity index (χ3v) is 5.55. The van der Waals surface area contributed by atoms with E-state index in [2.05, 4.69) is 47.4 Å². The maximum atomic E-state index is 12.1. The summed E-state index contributed by atoms with van der Waals surface area (Å²) in [4.78, 5) is 12.5. The number of aromatic hydroxyl groups is 1. The lowest BCUT2D eigenvalue weighted by Gasteiger charge is -2.03. The highest BCUT2D eigenvalue weighted by molar-refractivity contribution is 9.11. The molecule has 2 N–H and O–H groups in total. The highest BCUT2D eigenvalue weighted by atomic mass is 79.9. The summed E-state index contributed by atoms with van der Waals surface area (Å²) in [7, 11) is 0. The van der Waals surface area contributed by atoms with Crippen LogP contribution in [0.2, 0.25) is 5.02 Å². The molecule has 1 saturated heterocycles. The van der Waals surface area contributed by atoms with Crippen molar-refractivity contribution in [3.63, 3.8) is 0 Å². The Morgan fingerprint density at radius 2 is 1.96 bits per heavy atom. The molecule has 0 atom stereocenters. The number of phenolic OH excluding ortho intramolecular Hbond substituents is 1. The maximum Gasteiger partial charge on any atom is 0.264 e. The van der Waals surface area contributed by atoms with Crippen LogP contribution in [0.1, 0.15) is 11.1 Å². The van der Waals surface area contributed by atoms with Gasteiger partial charge in [0.05, 0.1) is 15.6 Å². The summed E-state index contributed by atoms with van der Waals surface area (Å²) in [5.74, 6) is -0.256. The Morgan fingerprint density at radius 3 is 2.73 bits per heavy atom. The van der Waals surface area contributed by atoms with Gasteiger partial charge in [-0.3, -0.25) is 10.1 Å². The molecule has 0 saturated carbocycles. The van der Waals surface area contributed by atoms with E-state index in [1.165, 1.54) is 6.21 Å². The van der Waals surface area contributed by atoms with E-state index in [0.717, 1.165) is 21.8 Å². The lowest BCUT2D eigenvalue weighted by atomic mass is 10.2. The summed E-state index contributed by atoms with van der Waals surface area (Å²) in [5, 5.41) is 21.6. The number of hydrogen-bond acceptors (Lipinski definition) is 5. The Kier molecular flexibility index (Phi) is 6.18. The third kappa shape index (κ3) is 4.56. The van der Waals surface area contributed by atoms with Crippen molar-refractivity contribution < 1.29 is 9.90 Å². The Labute approximate surface area is 175 Å². The molecular formula is C17H10Br2ClN3O2S. The minimum absolute atomic E-state index is 0.0521. The molecule has 2 aromatic rings. The summed E-state index contributed by atoms with van der Waals surface area (Å²) in [5.41, 5.74) is 1.23. The van der Waals surface area contributed by atoms with Gasteiger partial charge in [0.1, 0.15) is 5.75 Å². The number of hydrogen-bond donors (Lipinski definition) is 2. The number of halogens is 3. The molecule has 1 amide bonds. The lowest BCUT2D eigenvalue weighted by Crippen LogP contribution is -2.19. The van der Waals surface area contributed by atoms with Gasteiger partial charge in [-0.25, -0.2) is 0 Å². The van der Waals surface area contributed by atoms with Crippen molar-refractivity contribution >= 4 is 78.6 Å². The van der Waals surface area contributed by atoms with Crippen LogP contribution in [0.3, 0.4) is 0 Å². The highest BCUT2D eigenvalue weighted by Crippen LogP contribution is 2.35. The van der Waals surface area contributed by atoms with Gasteiger partial charge in [0.2, 0.25) is 0 Å². The molecule has 1 aliphatic rings. The molecule has 0 bridgehead atoms. The largest absolute Gasteiger partial charge is 0.506 e. The molecule has 1 fully saturated rings. The van der Waals surface area contributed by atoms with Gasteiger partial charge in [0, 0.05) is 20.6 Å². The Balaban J connectivity index is 1.80. The zero-order chi connectivity index (χ0) is 18.7. The van der Waals surface area contributed by atoms with Crippen LogP contribution >= 0.6 is 55.2 Å². The fraction of sp³-hybridized carbons (Fsp3) is 0. The van der Waals surface area contributed by atoms with E-state index < -0.39 is 0 Å². The quantitative estimate of drug-likeness (QED) is 0.337. The van der Waals surface area contributed by atoms with Crippen molar-refractivity contribution in [1.29, 1.82) is 0 Å². The van der Waals surface area contributed by atoms with Gasteiger partial charge in [-0.1, -0.05) is 45.7 Å². The number of amidine groups is 1. The van der Waals surface area contributed by atoms with E-state index in [1.807, 2.05) is 18.2 Å². The van der Waals surface area contributed by atoms with E-state index >= 15 is 0 Å². The summed E-state index contributed by atoms with van der Waals surface area (Å²) >= 11 is 13.8. The van der Waals surface area contributed by atoms with Gasteiger partial charge < -0.3 is 5.11 Å². The zero-order valence-electron chi connectivity index (χ0n) is 12.9. The molecule has 5 nitrogen and oxygen atoms in total. The van der Waals surface area contributed by atoms with E-state index in [9.17, 15) is 9.90 Å². The van der Waals surface area contributed by atoms with Crippen molar-refractivity contribution in [2.75, 3.05) is 0 Å². The first kappa shape index (κ1) is 19.2. The average molecular weight is 516 g/mol. The minimum atomic E-state index is -0.308. The first-order valence-electron chi connectivity index (χ1n) is 7.18. The first-order chi connectivity index (χ1) is 12.4. The molecule has 0 radical (unpaired) electrons. The molecule has 0 unspecified atom stereocenters. The van der Waals surface area contributed by atoms with Crippen LogP contribution in [0.15, 0.2) is 60.5 Å². The number of carbonyl (C=O) groups is 1. The van der Waals surface area contributed by atoms with E-state index in [4.69, 9.17) is 11.6 Å². The van der Waals surface area contributed by atoms with Crippen molar-refractivity contribution in [1.82, 2.24) is 5.32 Å². The van der Waals surface area contributed by atoms with Crippen LogP contribution in [-0.2, 0) is 4.79 Å². The van der Waals surface area contributed by atoms with Crippen molar-refractivity contribution in [3.8, 4) is 5.75 Å². The maximum absolute atomic E-state index is 12.1. The Hall–Kier alpha value is -1.61. The van der Waals surface area contributed by atoms with Crippen LogP contribution in [0.4, 0.5) is 0 Å². The number of carbonyl (C=O) groups excluding carboxylic acids is 1. The molecule has 132 valence electrons. The van der Waals surface area contributed by atoms with Crippen molar-refractivity contribution in [3.05, 3.63) is 66.4 Å². The fourth-order valence-corrected chi connectivity index (χ4v) is 4.25. The molecule has 2 aromatic carbocycles. The SMILES string of the molecule is O=C1N/C(=N\N=C\c2ccccc2Cl)S/C1=C\c1cc(Br)cc(Br)c1O. The molecule has 1 heterocycles. The highest BCUT2D eigenvalue weighted by Gasteiger charge is 2.24. The predicted molar refractivity (Wildman–Crippen MR) is 114 cm³/mol. The number of amides is 1. The van der Waals surface area contributed by atoms with Crippen LogP contribution in [0.25, 0.3) is 6.08 Å². The first-order valence-corrected chi connectivity index (χ1v) is 9.96. The van der Waals surface area contributed by atoms with Gasteiger partial charge in [-0.15, -0.1) is 5.10 Å². The molecule has 0 aromatic heterocycles. The minimum Gasteiger partial charge on any atom is -0.506 e. The van der Waals surface area contributed by atoms with Crippen LogP contribution < -0.4 is 5.32 Å². The topological polar surface area (TPSA) is 74.0 Å². The van der Waals surface area contributed by atoms with Crippen LogP contribution in [-0.4, -0.2) is 22.4 Å². The second kappa shape index (κ2) is 8.39. The fourth-order valence-electron chi connectivity index (χ4n) is 2.04. The van der Waals surface area contributed by atoms with Gasteiger partial charge in [-0.2, -0.15) is 5.10 Å². The predicted octanol–water partition coefficient (Wildman–Crippen LogP) is 5.16. The number of rotatable bonds is 3. The zero-order valence-corrected chi connectivity index (χ0v) is 17.7. The molecule has 0 spiro atoms. The second-order valence-electron chi connectivity index (χ2n) is 5.06. The Morgan fingerprint density at radius 1 is 1.19 bits per heavy atom. The van der Waals surface area contributed by atoms with Gasteiger partial charge >= 0.3 is 0 Å². The van der Waals surface area contributed by atoms with Crippen LogP contribution in [0.5, 0.6) is 5.75 Å². The number of nitrogens with zero attached hydrogens (tertiary/aromatic N) is 2. The number of benzene rings is 2. The average Bonchev–Trinajstić information content (AvgIpc) is 2.93. The summed E-state index contributed by atoms with van der Waals surface area (Å²) in [6.45, 7) is 0. The number of thioether (sulfide) groups is 1. The summed E-state index contributed by atoms with van der Waals surface area (Å²) < 4.78 is 1.30. The number of nitrogens with one attached hydrogen (secondary N) is 1. The van der Waals surface area contributed by atoms with E-state index in [1.54, 1.807) is 24.3 Å². The van der Waals surface area contributed by atoms with Crippen molar-refractivity contribution in [2.24, 2.45) is 10.2 Å². The van der Waals surface area contributed by atoms with Gasteiger partial charge in [0.25, 0.3) is 5.91 Å². The lowest BCUT2D eigenvalue weighted by molar-refractivity contribution is -0.115. The van der Waals surface area contributed by atoms with E-state index in [0.29, 0.717) is 25.1 Å². The Bertz CT molecular complexity index is 976. The van der Waals surface area contributed by atoms with Crippen molar-refractivity contribution in [2.45, 2.75) is 0 Å². The molecule has 0 aliphatic carbocycles. The third-order valence-electron chi connectivity index (χ3n) is 3.25. The standard InChI is InChI=1S/C17H10Br2ClN3O2S/c18-11-5-10(15(24)12(19)7-11)6-14-16(25)22-17(26-14)23-21-8-9-3-1-2-4-13(9)20/h1-8,24H,(H,22,23,25)/b14-6-,21-8+. The molecule has 1 aliphatic heterocycles. The summed E-state index contributed by atoms with van der Waals surface area (Å²) in [6, 6.07) is 10.7. The monoisotopic (exact) mass is 513 g/mol.